The number of rotatable bonds is 6. The highest BCUT2D eigenvalue weighted by Gasteiger charge is 1.97. The molecular weight excluding hydrogens is 154 g/mol. The largest absolute Gasteiger partial charge is 0.412 e. The maximum atomic E-state index is 11.0. The first-order valence-corrected chi connectivity index (χ1v) is 4.58. The maximum absolute atomic E-state index is 11.0. The Balaban J connectivity index is 0. The summed E-state index contributed by atoms with van der Waals surface area (Å²) < 4.78 is 0. The molecule has 0 saturated heterocycles. The van der Waals surface area contributed by atoms with Crippen molar-refractivity contribution in [1.29, 1.82) is 0 Å². The lowest BCUT2D eigenvalue weighted by atomic mass is 10.2. The van der Waals surface area contributed by atoms with Crippen LogP contribution in [0.4, 0.5) is 0 Å². The van der Waals surface area contributed by atoms with Gasteiger partial charge in [-0.15, -0.1) is 0 Å². The standard InChI is InChI=1S/C9H19NO.H2O/c1-3-5-7-9(11)10-8-6-4-2;/h3-8H2,1-2H3,(H,10,11);1H2. The van der Waals surface area contributed by atoms with Crippen LogP contribution in [-0.4, -0.2) is 17.9 Å². The molecule has 3 nitrogen and oxygen atoms in total. The minimum absolute atomic E-state index is 0. The molecule has 0 bridgehead atoms. The summed E-state index contributed by atoms with van der Waals surface area (Å²) in [7, 11) is 0. The summed E-state index contributed by atoms with van der Waals surface area (Å²) in [5.41, 5.74) is 0. The highest BCUT2D eigenvalue weighted by molar-refractivity contribution is 5.75. The van der Waals surface area contributed by atoms with Gasteiger partial charge in [0.15, 0.2) is 0 Å². The molecule has 3 N–H and O–H groups in total. The fraction of sp³-hybridized carbons (Fsp3) is 0.889. The van der Waals surface area contributed by atoms with Crippen LogP contribution in [0.25, 0.3) is 0 Å². The van der Waals surface area contributed by atoms with E-state index in [9.17, 15) is 4.79 Å². The van der Waals surface area contributed by atoms with Gasteiger partial charge in [-0.05, 0) is 12.8 Å². The third kappa shape index (κ3) is 9.43. The highest BCUT2D eigenvalue weighted by Crippen LogP contribution is 1.93. The van der Waals surface area contributed by atoms with Crippen molar-refractivity contribution >= 4 is 5.91 Å². The van der Waals surface area contributed by atoms with Crippen LogP contribution < -0.4 is 5.32 Å². The van der Waals surface area contributed by atoms with E-state index >= 15 is 0 Å². The molecule has 12 heavy (non-hydrogen) atoms. The SMILES string of the molecule is CCCCNC(=O)CCCC.O. The Morgan fingerprint density at radius 2 is 1.75 bits per heavy atom. The van der Waals surface area contributed by atoms with Crippen molar-refractivity contribution in [1.82, 2.24) is 5.32 Å². The molecule has 3 heteroatoms. The number of unbranched alkanes of at least 4 members (excludes halogenated alkanes) is 2. The summed E-state index contributed by atoms with van der Waals surface area (Å²) in [6.07, 6.45) is 5.05. The second-order valence-electron chi connectivity index (χ2n) is 2.81. The van der Waals surface area contributed by atoms with Crippen LogP contribution >= 0.6 is 0 Å². The molecule has 74 valence electrons. The quantitative estimate of drug-likeness (QED) is 0.607. The fourth-order valence-corrected chi connectivity index (χ4v) is 0.830. The normalized spacial score (nSPS) is 8.83. The summed E-state index contributed by atoms with van der Waals surface area (Å²) in [5.74, 6) is 0.209. The zero-order valence-corrected chi connectivity index (χ0v) is 8.15. The lowest BCUT2D eigenvalue weighted by Gasteiger charge is -2.02. The predicted molar refractivity (Wildman–Crippen MR) is 51.1 cm³/mol. The van der Waals surface area contributed by atoms with Gasteiger partial charge < -0.3 is 10.8 Å². The van der Waals surface area contributed by atoms with E-state index in [4.69, 9.17) is 0 Å². The Kier molecular flexibility index (Phi) is 12.2. The predicted octanol–water partition coefficient (Wildman–Crippen LogP) is 1.27. The van der Waals surface area contributed by atoms with Crippen molar-refractivity contribution in [2.45, 2.75) is 46.0 Å². The summed E-state index contributed by atoms with van der Waals surface area (Å²) >= 11 is 0. The first kappa shape index (κ1) is 14.0. The van der Waals surface area contributed by atoms with Gasteiger partial charge in [0.1, 0.15) is 0 Å². The molecule has 0 aromatic heterocycles. The van der Waals surface area contributed by atoms with Crippen molar-refractivity contribution in [3.05, 3.63) is 0 Å². The highest BCUT2D eigenvalue weighted by atomic mass is 16.1. The summed E-state index contributed by atoms with van der Waals surface area (Å²) in [6, 6.07) is 0. The lowest BCUT2D eigenvalue weighted by molar-refractivity contribution is -0.121. The van der Waals surface area contributed by atoms with Crippen LogP contribution in [-0.2, 0) is 4.79 Å². The minimum Gasteiger partial charge on any atom is -0.412 e. The average molecular weight is 175 g/mol. The van der Waals surface area contributed by atoms with Gasteiger partial charge in [-0.1, -0.05) is 26.7 Å². The van der Waals surface area contributed by atoms with Gasteiger partial charge in [0.05, 0.1) is 0 Å². The lowest BCUT2D eigenvalue weighted by Crippen LogP contribution is -2.23. The molecule has 0 rings (SSSR count). The fourth-order valence-electron chi connectivity index (χ4n) is 0.830. The van der Waals surface area contributed by atoms with E-state index in [0.717, 1.165) is 32.2 Å². The number of carbonyl (C=O) groups is 1. The Bertz CT molecular complexity index is 105. The smallest absolute Gasteiger partial charge is 0.219 e. The topological polar surface area (TPSA) is 60.6 Å². The van der Waals surface area contributed by atoms with E-state index in [1.807, 2.05) is 0 Å². The molecule has 0 atom stereocenters. The van der Waals surface area contributed by atoms with E-state index < -0.39 is 0 Å². The van der Waals surface area contributed by atoms with Crippen LogP contribution in [0.3, 0.4) is 0 Å². The van der Waals surface area contributed by atoms with Crippen LogP contribution in [0, 0.1) is 0 Å². The first-order valence-electron chi connectivity index (χ1n) is 4.58. The second kappa shape index (κ2) is 10.4. The second-order valence-corrected chi connectivity index (χ2v) is 2.81. The number of nitrogens with one attached hydrogen (secondary N) is 1. The van der Waals surface area contributed by atoms with E-state index in [-0.39, 0.29) is 11.4 Å². The number of hydrogen-bond donors (Lipinski definition) is 1. The number of hydrogen-bond acceptors (Lipinski definition) is 1. The maximum Gasteiger partial charge on any atom is 0.219 e. The summed E-state index contributed by atoms with van der Waals surface area (Å²) in [6.45, 7) is 5.07. The molecule has 0 saturated carbocycles. The average Bonchev–Trinajstić information content (AvgIpc) is 2.01. The molecule has 0 aromatic rings. The van der Waals surface area contributed by atoms with E-state index in [0.29, 0.717) is 6.42 Å². The van der Waals surface area contributed by atoms with Gasteiger partial charge >= 0.3 is 0 Å². The molecule has 0 aromatic carbocycles. The van der Waals surface area contributed by atoms with Crippen LogP contribution in [0.15, 0.2) is 0 Å². The molecular formula is C9H21NO2. The third-order valence-corrected chi connectivity index (χ3v) is 1.61. The summed E-state index contributed by atoms with van der Waals surface area (Å²) in [5, 5.41) is 2.88. The molecule has 0 fully saturated rings. The van der Waals surface area contributed by atoms with Crippen molar-refractivity contribution in [3.63, 3.8) is 0 Å². The van der Waals surface area contributed by atoms with Crippen LogP contribution in [0.2, 0.25) is 0 Å². The Morgan fingerprint density at radius 3 is 2.25 bits per heavy atom. The minimum atomic E-state index is 0. The first-order chi connectivity index (χ1) is 5.31. The molecule has 1 amide bonds. The number of amides is 1. The van der Waals surface area contributed by atoms with Crippen molar-refractivity contribution < 1.29 is 10.3 Å². The number of carbonyl (C=O) groups excluding carboxylic acids is 1. The molecule has 0 aliphatic heterocycles. The summed E-state index contributed by atoms with van der Waals surface area (Å²) in [4.78, 5) is 11.0. The van der Waals surface area contributed by atoms with Gasteiger partial charge in [-0.2, -0.15) is 0 Å². The van der Waals surface area contributed by atoms with Gasteiger partial charge in [0, 0.05) is 13.0 Å². The Labute approximate surface area is 74.9 Å². The Morgan fingerprint density at radius 1 is 1.17 bits per heavy atom. The molecule has 0 spiro atoms. The molecule has 0 heterocycles. The molecule has 0 unspecified atom stereocenters. The van der Waals surface area contributed by atoms with Crippen LogP contribution in [0.1, 0.15) is 46.0 Å². The van der Waals surface area contributed by atoms with Gasteiger partial charge in [-0.25, -0.2) is 0 Å². The van der Waals surface area contributed by atoms with E-state index in [1.54, 1.807) is 0 Å². The van der Waals surface area contributed by atoms with E-state index in [1.165, 1.54) is 0 Å². The molecule has 0 aliphatic rings. The van der Waals surface area contributed by atoms with E-state index in [2.05, 4.69) is 19.2 Å². The van der Waals surface area contributed by atoms with Gasteiger partial charge in [-0.3, -0.25) is 4.79 Å². The molecule has 0 aliphatic carbocycles. The van der Waals surface area contributed by atoms with Gasteiger partial charge in [0.25, 0.3) is 0 Å². The Hall–Kier alpha value is -0.570. The van der Waals surface area contributed by atoms with Crippen molar-refractivity contribution in [2.75, 3.05) is 6.54 Å². The van der Waals surface area contributed by atoms with Crippen molar-refractivity contribution in [3.8, 4) is 0 Å². The molecule has 0 radical (unpaired) electrons. The van der Waals surface area contributed by atoms with Crippen molar-refractivity contribution in [2.24, 2.45) is 0 Å². The third-order valence-electron chi connectivity index (χ3n) is 1.61. The van der Waals surface area contributed by atoms with Crippen LogP contribution in [0.5, 0.6) is 0 Å². The monoisotopic (exact) mass is 175 g/mol. The zero-order valence-electron chi connectivity index (χ0n) is 8.15. The van der Waals surface area contributed by atoms with Gasteiger partial charge in [0.2, 0.25) is 5.91 Å². The zero-order chi connectivity index (χ0) is 8.53.